The van der Waals surface area contributed by atoms with Gasteiger partial charge in [0.25, 0.3) is 0 Å². The lowest BCUT2D eigenvalue weighted by Crippen LogP contribution is -2.61. The van der Waals surface area contributed by atoms with Crippen molar-refractivity contribution in [3.8, 4) is 10.6 Å². The molecule has 0 saturated carbocycles. The van der Waals surface area contributed by atoms with Gasteiger partial charge in [-0.25, -0.2) is 9.78 Å². The number of pyridine rings is 1. The monoisotopic (exact) mass is 342 g/mol. The Balaban J connectivity index is 1.42. The second-order valence-electron chi connectivity index (χ2n) is 6.82. The average Bonchev–Trinajstić information content (AvgIpc) is 3.22. The number of anilines is 1. The van der Waals surface area contributed by atoms with Gasteiger partial charge in [0.2, 0.25) is 0 Å². The predicted molar refractivity (Wildman–Crippen MR) is 91.1 cm³/mol. The van der Waals surface area contributed by atoms with Crippen molar-refractivity contribution in [1.29, 1.82) is 0 Å². The minimum absolute atomic E-state index is 0.258. The van der Waals surface area contributed by atoms with Crippen LogP contribution in [0.2, 0.25) is 0 Å². The summed E-state index contributed by atoms with van der Waals surface area (Å²) < 4.78 is 5.90. The van der Waals surface area contributed by atoms with Gasteiger partial charge in [0, 0.05) is 35.8 Å². The number of hydrogen-bond donors (Lipinski definition) is 0. The first-order chi connectivity index (χ1) is 11.7. The molecule has 7 heteroatoms. The number of nitrogens with zero attached hydrogens (tertiary/aromatic N) is 4. The number of carbonyl (C=O) groups is 1. The maximum Gasteiger partial charge on any atom is 0.416 e. The number of amides is 1. The smallest absolute Gasteiger partial charge is 0.416 e. The number of fused-ring (bicyclic) bond motifs is 2. The van der Waals surface area contributed by atoms with Crippen LogP contribution in [-0.2, 0) is 4.74 Å². The highest BCUT2D eigenvalue weighted by Gasteiger charge is 2.56. The van der Waals surface area contributed by atoms with E-state index in [-0.39, 0.29) is 11.7 Å². The van der Waals surface area contributed by atoms with Crippen LogP contribution in [0.5, 0.6) is 0 Å². The van der Waals surface area contributed by atoms with E-state index >= 15 is 0 Å². The van der Waals surface area contributed by atoms with Gasteiger partial charge in [-0.05, 0) is 38.1 Å². The van der Waals surface area contributed by atoms with Crippen molar-refractivity contribution < 1.29 is 9.53 Å². The molecule has 1 spiro atoms. The van der Waals surface area contributed by atoms with Crippen LogP contribution in [0.15, 0.2) is 29.9 Å². The summed E-state index contributed by atoms with van der Waals surface area (Å²) in [7, 11) is 0. The van der Waals surface area contributed by atoms with E-state index in [1.54, 1.807) is 17.3 Å². The van der Waals surface area contributed by atoms with Crippen molar-refractivity contribution in [2.75, 3.05) is 31.1 Å². The molecular weight excluding hydrogens is 324 g/mol. The van der Waals surface area contributed by atoms with Gasteiger partial charge in [-0.15, -0.1) is 11.3 Å². The minimum Gasteiger partial charge on any atom is -0.439 e. The molecule has 4 fully saturated rings. The fraction of sp³-hybridized carbons (Fsp3) is 0.471. The van der Waals surface area contributed by atoms with Crippen molar-refractivity contribution >= 4 is 23.2 Å². The molecule has 4 aliphatic heterocycles. The third-order valence-corrected chi connectivity index (χ3v) is 6.32. The SMILES string of the molecule is O=C1O[C@]2(CN3CCC2CC3)CN1c1csc(-c2cccnc2)n1. The number of rotatable bonds is 2. The molecule has 0 unspecified atom stereocenters. The normalized spacial score (nSPS) is 31.7. The van der Waals surface area contributed by atoms with Gasteiger partial charge in [-0.3, -0.25) is 14.8 Å². The summed E-state index contributed by atoms with van der Waals surface area (Å²) in [4.78, 5) is 25.4. The number of piperidine rings is 3. The highest BCUT2D eigenvalue weighted by Crippen LogP contribution is 2.43. The molecule has 4 aliphatic rings. The molecule has 6 rings (SSSR count). The Hall–Kier alpha value is -1.99. The van der Waals surface area contributed by atoms with Crippen molar-refractivity contribution in [2.45, 2.75) is 18.4 Å². The standard InChI is InChI=1S/C17H18N4O2S/c22-16-21(11-17(23-16)10-20-6-3-13(17)4-7-20)14-9-24-15(19-14)12-2-1-5-18-8-12/h1-2,5,8-9,13H,3-4,6-7,10-11H2/t17-/m1/s1. The number of aromatic nitrogens is 2. The van der Waals surface area contributed by atoms with Crippen LogP contribution < -0.4 is 4.90 Å². The molecule has 0 aliphatic carbocycles. The zero-order valence-electron chi connectivity index (χ0n) is 13.2. The number of hydrogen-bond acceptors (Lipinski definition) is 6. The molecule has 124 valence electrons. The highest BCUT2D eigenvalue weighted by molar-refractivity contribution is 7.13. The van der Waals surface area contributed by atoms with Gasteiger partial charge in [0.05, 0.1) is 6.54 Å². The molecule has 1 atom stereocenters. The molecule has 2 bridgehead atoms. The Morgan fingerprint density at radius 1 is 1.29 bits per heavy atom. The first-order valence-electron chi connectivity index (χ1n) is 8.32. The van der Waals surface area contributed by atoms with Crippen molar-refractivity contribution in [2.24, 2.45) is 5.92 Å². The highest BCUT2D eigenvalue weighted by atomic mass is 32.1. The third kappa shape index (κ3) is 2.15. The average molecular weight is 342 g/mol. The van der Waals surface area contributed by atoms with Crippen molar-refractivity contribution in [3.63, 3.8) is 0 Å². The van der Waals surface area contributed by atoms with Gasteiger partial charge >= 0.3 is 6.09 Å². The summed E-state index contributed by atoms with van der Waals surface area (Å²) in [5.41, 5.74) is 0.630. The van der Waals surface area contributed by atoms with E-state index in [0.717, 1.165) is 43.0 Å². The Labute approximate surface area is 144 Å². The Morgan fingerprint density at radius 2 is 2.17 bits per heavy atom. The zero-order valence-corrected chi connectivity index (χ0v) is 14.0. The van der Waals surface area contributed by atoms with E-state index in [9.17, 15) is 4.79 Å². The predicted octanol–water partition coefficient (Wildman–Crippen LogP) is 2.63. The van der Waals surface area contributed by atoms with Crippen LogP contribution in [0.1, 0.15) is 12.8 Å². The van der Waals surface area contributed by atoms with Gasteiger partial charge in [0.15, 0.2) is 0 Å². The van der Waals surface area contributed by atoms with E-state index in [4.69, 9.17) is 4.74 Å². The van der Waals surface area contributed by atoms with E-state index < -0.39 is 0 Å². The number of carbonyl (C=O) groups excluding carboxylic acids is 1. The van der Waals surface area contributed by atoms with Crippen LogP contribution >= 0.6 is 11.3 Å². The fourth-order valence-electron chi connectivity index (χ4n) is 4.20. The first kappa shape index (κ1) is 14.4. The molecule has 0 aromatic carbocycles. The van der Waals surface area contributed by atoms with Crippen LogP contribution in [-0.4, -0.2) is 52.7 Å². The lowest BCUT2D eigenvalue weighted by atomic mass is 9.75. The quantitative estimate of drug-likeness (QED) is 0.840. The molecule has 0 radical (unpaired) electrons. The third-order valence-electron chi connectivity index (χ3n) is 5.44. The molecule has 2 aromatic rings. The maximum absolute atomic E-state index is 12.5. The summed E-state index contributed by atoms with van der Waals surface area (Å²) in [5, 5.41) is 2.81. The van der Waals surface area contributed by atoms with Gasteiger partial charge in [-0.2, -0.15) is 0 Å². The van der Waals surface area contributed by atoms with Gasteiger partial charge < -0.3 is 4.74 Å². The Kier molecular flexibility index (Phi) is 3.14. The summed E-state index contributed by atoms with van der Waals surface area (Å²) >= 11 is 1.53. The van der Waals surface area contributed by atoms with Crippen LogP contribution in [0, 0.1) is 5.92 Å². The second kappa shape index (κ2) is 5.26. The van der Waals surface area contributed by atoms with Crippen LogP contribution in [0.4, 0.5) is 10.6 Å². The molecule has 6 nitrogen and oxygen atoms in total. The van der Waals surface area contributed by atoms with E-state index in [1.807, 2.05) is 17.5 Å². The van der Waals surface area contributed by atoms with Crippen molar-refractivity contribution in [1.82, 2.24) is 14.9 Å². The maximum atomic E-state index is 12.5. The molecule has 4 saturated heterocycles. The molecule has 0 N–H and O–H groups in total. The van der Waals surface area contributed by atoms with Crippen LogP contribution in [0.25, 0.3) is 10.6 Å². The zero-order chi connectivity index (χ0) is 16.1. The number of ether oxygens (including phenoxy) is 1. The van der Waals surface area contributed by atoms with Crippen LogP contribution in [0.3, 0.4) is 0 Å². The second-order valence-corrected chi connectivity index (χ2v) is 7.68. The van der Waals surface area contributed by atoms with E-state index in [1.165, 1.54) is 11.3 Å². The molecule has 24 heavy (non-hydrogen) atoms. The van der Waals surface area contributed by atoms with Gasteiger partial charge in [0.1, 0.15) is 16.4 Å². The summed E-state index contributed by atoms with van der Waals surface area (Å²) in [5.74, 6) is 1.17. The first-order valence-corrected chi connectivity index (χ1v) is 9.20. The molecule has 1 amide bonds. The molecule has 6 heterocycles. The van der Waals surface area contributed by atoms with Crippen molar-refractivity contribution in [3.05, 3.63) is 29.9 Å². The largest absolute Gasteiger partial charge is 0.439 e. The van der Waals surface area contributed by atoms with E-state index in [2.05, 4.69) is 14.9 Å². The molecular formula is C17H18N4O2S. The van der Waals surface area contributed by atoms with E-state index in [0.29, 0.717) is 18.3 Å². The number of thiazole rings is 1. The summed E-state index contributed by atoms with van der Waals surface area (Å²) in [6, 6.07) is 3.87. The minimum atomic E-state index is -0.342. The fourth-order valence-corrected chi connectivity index (χ4v) is 5.00. The Bertz CT molecular complexity index is 772. The summed E-state index contributed by atoms with van der Waals surface area (Å²) in [6.45, 7) is 3.74. The lowest BCUT2D eigenvalue weighted by molar-refractivity contribution is -0.0881. The molecule has 2 aromatic heterocycles. The Morgan fingerprint density at radius 3 is 2.88 bits per heavy atom. The summed E-state index contributed by atoms with van der Waals surface area (Å²) in [6.07, 6.45) is 5.53. The topological polar surface area (TPSA) is 58.6 Å². The van der Waals surface area contributed by atoms with Gasteiger partial charge in [-0.1, -0.05) is 0 Å². The lowest BCUT2D eigenvalue weighted by Gasteiger charge is -2.49.